The molecule has 2 rings (SSSR count). The quantitative estimate of drug-likeness (QED) is 0.875. The Morgan fingerprint density at radius 1 is 1.58 bits per heavy atom. The highest BCUT2D eigenvalue weighted by Crippen LogP contribution is 2.19. The second kappa shape index (κ2) is 5.17. The third kappa shape index (κ3) is 2.62. The number of nitrogens with zero attached hydrogens (tertiary/aromatic N) is 2. The van der Waals surface area contributed by atoms with E-state index in [1.54, 1.807) is 23.9 Å². The van der Waals surface area contributed by atoms with Gasteiger partial charge in [0, 0.05) is 0 Å². The van der Waals surface area contributed by atoms with Crippen molar-refractivity contribution in [1.82, 2.24) is 15.1 Å². The highest BCUT2D eigenvalue weighted by molar-refractivity contribution is 5.80. The molecule has 0 saturated carbocycles. The van der Waals surface area contributed by atoms with Crippen molar-refractivity contribution in [2.45, 2.75) is 33.4 Å². The van der Waals surface area contributed by atoms with Crippen LogP contribution in [0.1, 0.15) is 30.1 Å². The molecule has 2 heterocycles. The molecule has 2 aromatic heterocycles. The SMILES string of the molecule is Cc1nn(C(C)C(=O)NCc2ccco2)c(C)c1N. The van der Waals surface area contributed by atoms with Gasteiger partial charge in [0.15, 0.2) is 0 Å². The molecule has 6 nitrogen and oxygen atoms in total. The van der Waals surface area contributed by atoms with Gasteiger partial charge in [-0.3, -0.25) is 9.48 Å². The molecule has 0 aliphatic heterocycles. The molecule has 1 unspecified atom stereocenters. The summed E-state index contributed by atoms with van der Waals surface area (Å²) in [6, 6.07) is 3.18. The zero-order chi connectivity index (χ0) is 14.0. The molecule has 19 heavy (non-hydrogen) atoms. The normalized spacial score (nSPS) is 12.4. The van der Waals surface area contributed by atoms with Gasteiger partial charge in [0.2, 0.25) is 5.91 Å². The summed E-state index contributed by atoms with van der Waals surface area (Å²) < 4.78 is 6.80. The van der Waals surface area contributed by atoms with Crippen LogP contribution in [0.2, 0.25) is 0 Å². The Morgan fingerprint density at radius 2 is 2.32 bits per heavy atom. The number of nitrogens with two attached hydrogens (primary N) is 1. The maximum atomic E-state index is 12.1. The van der Waals surface area contributed by atoms with E-state index in [-0.39, 0.29) is 5.91 Å². The Morgan fingerprint density at radius 3 is 2.84 bits per heavy atom. The standard InChI is InChI=1S/C13H18N4O2/c1-8-12(14)9(2)17(16-8)10(3)13(18)15-7-11-5-4-6-19-11/h4-6,10H,7,14H2,1-3H3,(H,15,18). The number of nitrogens with one attached hydrogen (secondary N) is 1. The fourth-order valence-corrected chi connectivity index (χ4v) is 1.90. The van der Waals surface area contributed by atoms with Gasteiger partial charge in [-0.05, 0) is 32.9 Å². The molecular weight excluding hydrogens is 244 g/mol. The lowest BCUT2D eigenvalue weighted by atomic mass is 10.3. The number of hydrogen-bond donors (Lipinski definition) is 2. The second-order valence-electron chi connectivity index (χ2n) is 4.50. The summed E-state index contributed by atoms with van der Waals surface area (Å²) in [6.45, 7) is 5.83. The highest BCUT2D eigenvalue weighted by Gasteiger charge is 2.19. The van der Waals surface area contributed by atoms with Crippen LogP contribution >= 0.6 is 0 Å². The van der Waals surface area contributed by atoms with E-state index < -0.39 is 6.04 Å². The molecule has 3 N–H and O–H groups in total. The van der Waals surface area contributed by atoms with E-state index in [4.69, 9.17) is 10.2 Å². The predicted octanol–water partition coefficient (Wildman–Crippen LogP) is 1.55. The molecular formula is C13H18N4O2. The monoisotopic (exact) mass is 262 g/mol. The topological polar surface area (TPSA) is 86.1 Å². The number of carbonyl (C=O) groups excluding carboxylic acids is 1. The molecule has 1 amide bonds. The van der Waals surface area contributed by atoms with Crippen molar-refractivity contribution >= 4 is 11.6 Å². The number of aryl methyl sites for hydroxylation is 1. The van der Waals surface area contributed by atoms with Crippen molar-refractivity contribution in [2.24, 2.45) is 0 Å². The van der Waals surface area contributed by atoms with Gasteiger partial charge < -0.3 is 15.5 Å². The lowest BCUT2D eigenvalue weighted by Crippen LogP contribution is -2.31. The van der Waals surface area contributed by atoms with E-state index in [9.17, 15) is 4.79 Å². The number of aromatic nitrogens is 2. The Balaban J connectivity index is 2.04. The minimum atomic E-state index is -0.411. The van der Waals surface area contributed by atoms with Crippen LogP contribution in [-0.2, 0) is 11.3 Å². The molecule has 0 radical (unpaired) electrons. The Kier molecular flexibility index (Phi) is 3.59. The van der Waals surface area contributed by atoms with Crippen molar-refractivity contribution in [3.8, 4) is 0 Å². The molecule has 0 saturated heterocycles. The van der Waals surface area contributed by atoms with E-state index in [0.717, 1.165) is 11.4 Å². The van der Waals surface area contributed by atoms with Crippen LogP contribution < -0.4 is 11.1 Å². The van der Waals surface area contributed by atoms with Crippen molar-refractivity contribution in [3.05, 3.63) is 35.5 Å². The lowest BCUT2D eigenvalue weighted by molar-refractivity contribution is -0.124. The molecule has 2 aromatic rings. The lowest BCUT2D eigenvalue weighted by Gasteiger charge is -2.14. The van der Waals surface area contributed by atoms with Crippen molar-refractivity contribution in [2.75, 3.05) is 5.73 Å². The van der Waals surface area contributed by atoms with Gasteiger partial charge in [-0.15, -0.1) is 0 Å². The Hall–Kier alpha value is -2.24. The van der Waals surface area contributed by atoms with Crippen LogP contribution in [0, 0.1) is 13.8 Å². The van der Waals surface area contributed by atoms with E-state index in [2.05, 4.69) is 10.4 Å². The second-order valence-corrected chi connectivity index (χ2v) is 4.50. The van der Waals surface area contributed by atoms with E-state index in [1.165, 1.54) is 0 Å². The first kappa shape index (κ1) is 13.2. The molecule has 1 atom stereocenters. The van der Waals surface area contributed by atoms with Crippen LogP contribution in [0.5, 0.6) is 0 Å². The largest absolute Gasteiger partial charge is 0.467 e. The number of rotatable bonds is 4. The van der Waals surface area contributed by atoms with Crippen molar-refractivity contribution < 1.29 is 9.21 Å². The molecule has 6 heteroatoms. The van der Waals surface area contributed by atoms with Gasteiger partial charge in [0.1, 0.15) is 11.8 Å². The molecule has 0 fully saturated rings. The molecule has 0 bridgehead atoms. The predicted molar refractivity (Wildman–Crippen MR) is 71.4 cm³/mol. The number of amides is 1. The summed E-state index contributed by atoms with van der Waals surface area (Å²) in [4.78, 5) is 12.1. The molecule has 0 aliphatic rings. The van der Waals surface area contributed by atoms with Crippen LogP contribution in [-0.4, -0.2) is 15.7 Å². The number of furan rings is 1. The minimum Gasteiger partial charge on any atom is -0.467 e. The molecule has 102 valence electrons. The zero-order valence-corrected chi connectivity index (χ0v) is 11.3. The first-order valence-corrected chi connectivity index (χ1v) is 6.12. The third-order valence-electron chi connectivity index (χ3n) is 3.14. The summed E-state index contributed by atoms with van der Waals surface area (Å²) in [6.07, 6.45) is 1.58. The van der Waals surface area contributed by atoms with Gasteiger partial charge in [-0.25, -0.2) is 0 Å². The summed E-state index contributed by atoms with van der Waals surface area (Å²) >= 11 is 0. The summed E-state index contributed by atoms with van der Waals surface area (Å²) in [5, 5.41) is 7.09. The Bertz CT molecular complexity index is 572. The fourth-order valence-electron chi connectivity index (χ4n) is 1.90. The summed E-state index contributed by atoms with van der Waals surface area (Å²) in [7, 11) is 0. The smallest absolute Gasteiger partial charge is 0.244 e. The van der Waals surface area contributed by atoms with E-state index in [1.807, 2.05) is 19.9 Å². The van der Waals surface area contributed by atoms with Crippen LogP contribution in [0.4, 0.5) is 5.69 Å². The van der Waals surface area contributed by atoms with Gasteiger partial charge >= 0.3 is 0 Å². The fraction of sp³-hybridized carbons (Fsp3) is 0.385. The van der Waals surface area contributed by atoms with Crippen LogP contribution in [0.15, 0.2) is 22.8 Å². The van der Waals surface area contributed by atoms with E-state index in [0.29, 0.717) is 18.0 Å². The number of anilines is 1. The summed E-state index contributed by atoms with van der Waals surface area (Å²) in [5.41, 5.74) is 8.03. The third-order valence-corrected chi connectivity index (χ3v) is 3.14. The molecule has 0 aliphatic carbocycles. The average Bonchev–Trinajstić information content (AvgIpc) is 2.99. The van der Waals surface area contributed by atoms with Crippen LogP contribution in [0.3, 0.4) is 0 Å². The van der Waals surface area contributed by atoms with E-state index >= 15 is 0 Å². The van der Waals surface area contributed by atoms with Gasteiger partial charge in [-0.1, -0.05) is 0 Å². The first-order valence-electron chi connectivity index (χ1n) is 6.12. The Labute approximate surface area is 111 Å². The highest BCUT2D eigenvalue weighted by atomic mass is 16.3. The van der Waals surface area contributed by atoms with Crippen molar-refractivity contribution in [1.29, 1.82) is 0 Å². The van der Waals surface area contributed by atoms with Gasteiger partial charge in [0.25, 0.3) is 0 Å². The average molecular weight is 262 g/mol. The van der Waals surface area contributed by atoms with Gasteiger partial charge in [-0.2, -0.15) is 5.10 Å². The maximum Gasteiger partial charge on any atom is 0.244 e. The maximum absolute atomic E-state index is 12.1. The molecule has 0 aromatic carbocycles. The number of hydrogen-bond acceptors (Lipinski definition) is 4. The number of carbonyl (C=O) groups is 1. The van der Waals surface area contributed by atoms with Crippen molar-refractivity contribution in [3.63, 3.8) is 0 Å². The minimum absolute atomic E-state index is 0.123. The van der Waals surface area contributed by atoms with Gasteiger partial charge in [0.05, 0.1) is 29.9 Å². The van der Waals surface area contributed by atoms with Crippen LogP contribution in [0.25, 0.3) is 0 Å². The number of nitrogen functional groups attached to an aromatic ring is 1. The summed E-state index contributed by atoms with van der Waals surface area (Å²) in [5.74, 6) is 0.593. The first-order chi connectivity index (χ1) is 9.00. The zero-order valence-electron chi connectivity index (χ0n) is 11.3. The molecule has 0 spiro atoms.